The van der Waals surface area contributed by atoms with Crippen molar-refractivity contribution >= 4 is 29.2 Å². The zero-order valence-electron chi connectivity index (χ0n) is 13.6. The molecule has 1 aromatic carbocycles. The molecule has 0 saturated heterocycles. The van der Waals surface area contributed by atoms with E-state index >= 15 is 0 Å². The minimum atomic E-state index is -5.47. The van der Waals surface area contributed by atoms with Gasteiger partial charge >= 0.3 is 18.5 Å². The van der Waals surface area contributed by atoms with Crippen LogP contribution in [-0.2, 0) is 23.6 Å². The summed E-state index contributed by atoms with van der Waals surface area (Å²) in [6.07, 6.45) is -5.47. The van der Waals surface area contributed by atoms with Crippen molar-refractivity contribution in [3.05, 3.63) is 29.8 Å². The molecule has 0 radical (unpaired) electrons. The molecule has 144 valence electrons. The van der Waals surface area contributed by atoms with Gasteiger partial charge in [0.1, 0.15) is 0 Å². The summed E-state index contributed by atoms with van der Waals surface area (Å²) in [4.78, 5) is -0.480. The van der Waals surface area contributed by atoms with Crippen LogP contribution in [0.5, 0.6) is 0 Å². The third-order valence-corrected chi connectivity index (χ3v) is 7.93. The van der Waals surface area contributed by atoms with E-state index in [9.17, 15) is 26.2 Å². The maximum atomic E-state index is 13.6. The minimum Gasteiger partial charge on any atom is -0.306 e. The summed E-state index contributed by atoms with van der Waals surface area (Å²) in [6, 6.07) is 4.97. The second-order valence-electron chi connectivity index (χ2n) is 4.87. The zero-order chi connectivity index (χ0) is 19.5. The molecule has 0 fully saturated rings. The van der Waals surface area contributed by atoms with Crippen molar-refractivity contribution in [3.8, 4) is 0 Å². The smallest absolute Gasteiger partial charge is 0.306 e. The fourth-order valence-corrected chi connectivity index (χ4v) is 5.69. The highest BCUT2D eigenvalue weighted by molar-refractivity contribution is 7.90. The van der Waals surface area contributed by atoms with E-state index < -0.39 is 46.6 Å². The van der Waals surface area contributed by atoms with Crippen LogP contribution in [0.3, 0.4) is 0 Å². The van der Waals surface area contributed by atoms with E-state index in [1.54, 1.807) is 6.92 Å². The van der Waals surface area contributed by atoms with E-state index in [-0.39, 0.29) is 0 Å². The molecule has 12 heteroatoms. The van der Waals surface area contributed by atoms with Gasteiger partial charge in [0.05, 0.1) is 18.1 Å². The third kappa shape index (κ3) is 4.75. The number of aryl methyl sites for hydroxylation is 1. The molecule has 1 aromatic rings. The van der Waals surface area contributed by atoms with Gasteiger partial charge in [-0.2, -0.15) is 17.9 Å². The van der Waals surface area contributed by atoms with Gasteiger partial charge in [-0.1, -0.05) is 29.3 Å². The van der Waals surface area contributed by atoms with Gasteiger partial charge < -0.3 is 9.05 Å². The van der Waals surface area contributed by atoms with Crippen molar-refractivity contribution in [1.82, 2.24) is 4.72 Å². The van der Waals surface area contributed by atoms with Crippen LogP contribution in [0.1, 0.15) is 19.4 Å². The van der Waals surface area contributed by atoms with E-state index in [0.717, 1.165) is 12.1 Å². The number of hydrogen-bond donors (Lipinski definition) is 1. The molecule has 25 heavy (non-hydrogen) atoms. The monoisotopic (exact) mass is 423 g/mol. The largest absolute Gasteiger partial charge is 0.433 e. The first-order chi connectivity index (χ1) is 11.3. The Morgan fingerprint density at radius 3 is 1.92 bits per heavy atom. The highest BCUT2D eigenvalue weighted by Gasteiger charge is 2.69. The Bertz CT molecular complexity index is 731. The van der Waals surface area contributed by atoms with Crippen LogP contribution in [0.15, 0.2) is 29.2 Å². The van der Waals surface area contributed by atoms with Gasteiger partial charge in [-0.3, -0.25) is 4.57 Å². The lowest BCUT2D eigenvalue weighted by Gasteiger charge is -2.35. The van der Waals surface area contributed by atoms with Crippen LogP contribution in [0.4, 0.5) is 13.2 Å². The predicted molar refractivity (Wildman–Crippen MR) is 87.0 cm³/mol. The van der Waals surface area contributed by atoms with Gasteiger partial charge in [0.15, 0.2) is 0 Å². The molecule has 0 aliphatic heterocycles. The van der Waals surface area contributed by atoms with E-state index in [1.807, 2.05) is 0 Å². The number of alkyl halides is 4. The van der Waals surface area contributed by atoms with E-state index in [1.165, 1.54) is 30.7 Å². The predicted octanol–water partition coefficient (Wildman–Crippen LogP) is 3.99. The highest BCUT2D eigenvalue weighted by atomic mass is 35.5. The Kier molecular flexibility index (Phi) is 7.11. The molecule has 0 saturated carbocycles. The first-order valence-corrected chi connectivity index (χ1v) is 10.5. The molecule has 0 heterocycles. The molecular formula is C13H18ClF3NO5PS. The highest BCUT2D eigenvalue weighted by Crippen LogP contribution is 2.66. The molecule has 0 aliphatic rings. The first-order valence-electron chi connectivity index (χ1n) is 7.08. The molecule has 1 unspecified atom stereocenters. The molecule has 0 aliphatic carbocycles. The van der Waals surface area contributed by atoms with Gasteiger partial charge in [0, 0.05) is 0 Å². The number of sulfonamides is 1. The fourth-order valence-electron chi connectivity index (χ4n) is 1.78. The third-order valence-electron chi connectivity index (χ3n) is 2.95. The van der Waals surface area contributed by atoms with Crippen molar-refractivity contribution in [2.45, 2.75) is 36.6 Å². The van der Waals surface area contributed by atoms with Crippen LogP contribution in [0.25, 0.3) is 0 Å². The van der Waals surface area contributed by atoms with E-state index in [2.05, 4.69) is 9.05 Å². The van der Waals surface area contributed by atoms with Crippen molar-refractivity contribution < 1.29 is 35.2 Å². The SMILES string of the molecule is CCOP(=O)(OCC)C(Cl)(NS(=O)(=O)c1ccc(C)cc1)C(F)(F)F. The lowest BCUT2D eigenvalue weighted by molar-refractivity contribution is -0.149. The summed E-state index contributed by atoms with van der Waals surface area (Å²) in [5, 5.41) is 0. The fraction of sp³-hybridized carbons (Fsp3) is 0.538. The average Bonchev–Trinajstić information content (AvgIpc) is 2.46. The number of nitrogens with one attached hydrogen (secondary N) is 1. The molecule has 1 atom stereocenters. The number of rotatable bonds is 8. The summed E-state index contributed by atoms with van der Waals surface area (Å²) in [6.45, 7) is 3.34. The Hall–Kier alpha value is -0.640. The van der Waals surface area contributed by atoms with Crippen LogP contribution in [0, 0.1) is 6.92 Å². The molecule has 0 amide bonds. The Morgan fingerprint density at radius 1 is 1.12 bits per heavy atom. The molecule has 0 aromatic heterocycles. The summed E-state index contributed by atoms with van der Waals surface area (Å²) in [7, 11) is -9.91. The lowest BCUT2D eigenvalue weighted by Crippen LogP contribution is -2.54. The van der Waals surface area contributed by atoms with Gasteiger partial charge in [-0.15, -0.1) is 0 Å². The van der Waals surface area contributed by atoms with Gasteiger partial charge in [-0.05, 0) is 32.9 Å². The van der Waals surface area contributed by atoms with Gasteiger partial charge in [-0.25, -0.2) is 8.42 Å². The van der Waals surface area contributed by atoms with Crippen LogP contribution in [0.2, 0.25) is 0 Å². The maximum absolute atomic E-state index is 13.6. The molecular weight excluding hydrogens is 406 g/mol. The summed E-state index contributed by atoms with van der Waals surface area (Å²) < 4.78 is 84.5. The molecule has 1 rings (SSSR count). The lowest BCUT2D eigenvalue weighted by atomic mass is 10.2. The van der Waals surface area contributed by atoms with Gasteiger partial charge in [0.2, 0.25) is 10.0 Å². The molecule has 0 bridgehead atoms. The Labute approximate surface area is 149 Å². The standard InChI is InChI=1S/C13H18ClF3NO5PS/c1-4-22-24(19,23-5-2)12(14,13(15,16)17)18-25(20,21)11-8-6-10(3)7-9-11/h6-9,18H,4-5H2,1-3H3. The zero-order valence-corrected chi connectivity index (χ0v) is 16.1. The topological polar surface area (TPSA) is 81.7 Å². The van der Waals surface area contributed by atoms with Gasteiger partial charge in [0.25, 0.3) is 0 Å². The summed E-state index contributed by atoms with van der Waals surface area (Å²) in [5.74, 6) is 0. The summed E-state index contributed by atoms with van der Waals surface area (Å²) >= 11 is 5.52. The Balaban J connectivity index is 3.45. The number of hydrogen-bond acceptors (Lipinski definition) is 5. The molecule has 1 N–H and O–H groups in total. The van der Waals surface area contributed by atoms with Crippen molar-refractivity contribution in [2.24, 2.45) is 0 Å². The van der Waals surface area contributed by atoms with Crippen LogP contribution in [-0.4, -0.2) is 32.5 Å². The maximum Gasteiger partial charge on any atom is 0.433 e. The molecule has 6 nitrogen and oxygen atoms in total. The quantitative estimate of drug-likeness (QED) is 0.388. The van der Waals surface area contributed by atoms with E-state index in [0.29, 0.717) is 5.56 Å². The van der Waals surface area contributed by atoms with Crippen molar-refractivity contribution in [1.29, 1.82) is 0 Å². The summed E-state index contributed by atoms with van der Waals surface area (Å²) in [5.41, 5.74) is 0.696. The Morgan fingerprint density at radius 2 is 1.56 bits per heavy atom. The van der Waals surface area contributed by atoms with Crippen molar-refractivity contribution in [3.63, 3.8) is 0 Å². The number of halogens is 4. The van der Waals surface area contributed by atoms with E-state index in [4.69, 9.17) is 11.6 Å². The second kappa shape index (κ2) is 7.94. The minimum absolute atomic E-state index is 0.436. The normalized spacial score (nSPS) is 15.8. The average molecular weight is 424 g/mol. The number of benzene rings is 1. The second-order valence-corrected chi connectivity index (χ2v) is 9.57. The first kappa shape index (κ1) is 22.4. The molecule has 0 spiro atoms. The van der Waals surface area contributed by atoms with Crippen LogP contribution < -0.4 is 4.72 Å². The van der Waals surface area contributed by atoms with Crippen molar-refractivity contribution in [2.75, 3.05) is 13.2 Å². The van der Waals surface area contributed by atoms with Crippen LogP contribution >= 0.6 is 19.2 Å².